The van der Waals surface area contributed by atoms with Gasteiger partial charge >= 0.3 is 0 Å². The Bertz CT molecular complexity index is 637. The van der Waals surface area contributed by atoms with Crippen LogP contribution in [-0.2, 0) is 6.54 Å². The standard InChI is InChI=1S/C19H25NO2/c1-13-6-7-16(14(2)10-13)12-20-15(3)18-11-17(21-4)8-9-19(18)22-5/h6-11,15,20H,12H2,1-5H3. The minimum atomic E-state index is 0.172. The van der Waals surface area contributed by atoms with E-state index in [4.69, 9.17) is 9.47 Å². The summed E-state index contributed by atoms with van der Waals surface area (Å²) in [6.07, 6.45) is 0. The summed E-state index contributed by atoms with van der Waals surface area (Å²) in [6.45, 7) is 7.24. The topological polar surface area (TPSA) is 30.5 Å². The van der Waals surface area contributed by atoms with Crippen LogP contribution in [0.1, 0.15) is 35.2 Å². The average molecular weight is 299 g/mol. The van der Waals surface area contributed by atoms with Crippen molar-refractivity contribution in [3.8, 4) is 11.5 Å². The second-order valence-corrected chi connectivity index (χ2v) is 5.64. The van der Waals surface area contributed by atoms with E-state index in [-0.39, 0.29) is 6.04 Å². The van der Waals surface area contributed by atoms with E-state index in [1.165, 1.54) is 16.7 Å². The summed E-state index contributed by atoms with van der Waals surface area (Å²) < 4.78 is 10.8. The molecule has 0 aliphatic heterocycles. The normalized spacial score (nSPS) is 12.0. The van der Waals surface area contributed by atoms with Crippen LogP contribution >= 0.6 is 0 Å². The molecule has 3 nitrogen and oxygen atoms in total. The molecule has 2 rings (SSSR count). The van der Waals surface area contributed by atoms with Crippen molar-refractivity contribution in [3.63, 3.8) is 0 Å². The van der Waals surface area contributed by atoms with Crippen LogP contribution in [-0.4, -0.2) is 14.2 Å². The molecule has 1 unspecified atom stereocenters. The van der Waals surface area contributed by atoms with Crippen molar-refractivity contribution in [1.29, 1.82) is 0 Å². The van der Waals surface area contributed by atoms with Gasteiger partial charge in [-0.1, -0.05) is 23.8 Å². The monoisotopic (exact) mass is 299 g/mol. The van der Waals surface area contributed by atoms with Crippen LogP contribution in [0.15, 0.2) is 36.4 Å². The van der Waals surface area contributed by atoms with Gasteiger partial charge in [0.15, 0.2) is 0 Å². The predicted molar refractivity (Wildman–Crippen MR) is 90.7 cm³/mol. The van der Waals surface area contributed by atoms with Crippen molar-refractivity contribution in [1.82, 2.24) is 5.32 Å². The minimum absolute atomic E-state index is 0.172. The zero-order valence-corrected chi connectivity index (χ0v) is 14.1. The molecule has 0 spiro atoms. The third-order valence-corrected chi connectivity index (χ3v) is 4.00. The number of ether oxygens (including phenoxy) is 2. The zero-order chi connectivity index (χ0) is 16.1. The van der Waals surface area contributed by atoms with Crippen LogP contribution < -0.4 is 14.8 Å². The molecule has 0 bridgehead atoms. The Morgan fingerprint density at radius 3 is 2.41 bits per heavy atom. The van der Waals surface area contributed by atoms with Crippen molar-refractivity contribution in [2.75, 3.05) is 14.2 Å². The molecule has 0 heterocycles. The third-order valence-electron chi connectivity index (χ3n) is 4.00. The van der Waals surface area contributed by atoms with Gasteiger partial charge in [0.25, 0.3) is 0 Å². The quantitative estimate of drug-likeness (QED) is 0.868. The number of hydrogen-bond donors (Lipinski definition) is 1. The molecule has 0 radical (unpaired) electrons. The molecule has 1 atom stereocenters. The van der Waals surface area contributed by atoms with Crippen molar-refractivity contribution in [3.05, 3.63) is 58.7 Å². The van der Waals surface area contributed by atoms with E-state index < -0.39 is 0 Å². The lowest BCUT2D eigenvalue weighted by atomic mass is 10.0. The Labute approximate surface area is 133 Å². The molecule has 118 valence electrons. The summed E-state index contributed by atoms with van der Waals surface area (Å²) in [4.78, 5) is 0. The molecule has 22 heavy (non-hydrogen) atoms. The highest BCUT2D eigenvalue weighted by Crippen LogP contribution is 2.29. The number of rotatable bonds is 6. The van der Waals surface area contributed by atoms with Crippen molar-refractivity contribution in [2.24, 2.45) is 0 Å². The minimum Gasteiger partial charge on any atom is -0.497 e. The van der Waals surface area contributed by atoms with Gasteiger partial charge in [-0.05, 0) is 50.1 Å². The Morgan fingerprint density at radius 2 is 1.77 bits per heavy atom. The van der Waals surface area contributed by atoms with Crippen molar-refractivity contribution in [2.45, 2.75) is 33.4 Å². The van der Waals surface area contributed by atoms with Crippen LogP contribution in [0.3, 0.4) is 0 Å². The van der Waals surface area contributed by atoms with Gasteiger partial charge in [-0.3, -0.25) is 0 Å². The molecule has 0 aliphatic rings. The zero-order valence-electron chi connectivity index (χ0n) is 14.1. The molecule has 3 heteroatoms. The van der Waals surface area contributed by atoms with Crippen LogP contribution in [0.2, 0.25) is 0 Å². The molecule has 0 fully saturated rings. The highest BCUT2D eigenvalue weighted by molar-refractivity contribution is 5.42. The Balaban J connectivity index is 2.13. The second kappa shape index (κ2) is 7.32. The fraction of sp³-hybridized carbons (Fsp3) is 0.368. The largest absolute Gasteiger partial charge is 0.497 e. The van der Waals surface area contributed by atoms with Crippen LogP contribution in [0.5, 0.6) is 11.5 Å². The highest BCUT2D eigenvalue weighted by Gasteiger charge is 2.13. The lowest BCUT2D eigenvalue weighted by Gasteiger charge is -2.19. The first-order valence-electron chi connectivity index (χ1n) is 7.56. The van der Waals surface area contributed by atoms with Crippen LogP contribution in [0.4, 0.5) is 0 Å². The van der Waals surface area contributed by atoms with Gasteiger partial charge in [0.05, 0.1) is 14.2 Å². The maximum absolute atomic E-state index is 5.46. The van der Waals surface area contributed by atoms with E-state index in [0.29, 0.717) is 0 Å². The average Bonchev–Trinajstić information content (AvgIpc) is 2.53. The summed E-state index contributed by atoms with van der Waals surface area (Å²) in [5.74, 6) is 1.72. The predicted octanol–water partition coefficient (Wildman–Crippen LogP) is 4.17. The first-order valence-corrected chi connectivity index (χ1v) is 7.56. The Morgan fingerprint density at radius 1 is 1.00 bits per heavy atom. The van der Waals surface area contributed by atoms with Gasteiger partial charge in [-0.2, -0.15) is 0 Å². The van der Waals surface area contributed by atoms with E-state index in [1.54, 1.807) is 14.2 Å². The van der Waals surface area contributed by atoms with Gasteiger partial charge in [-0.25, -0.2) is 0 Å². The summed E-state index contributed by atoms with van der Waals surface area (Å²) in [5, 5.41) is 3.57. The summed E-state index contributed by atoms with van der Waals surface area (Å²) in [5.41, 5.74) is 5.03. The Kier molecular flexibility index (Phi) is 5.45. The molecular weight excluding hydrogens is 274 g/mol. The number of hydrogen-bond acceptors (Lipinski definition) is 3. The first-order chi connectivity index (χ1) is 10.5. The van der Waals surface area contributed by atoms with Gasteiger partial charge in [0.1, 0.15) is 11.5 Å². The molecule has 0 aromatic heterocycles. The maximum Gasteiger partial charge on any atom is 0.123 e. The smallest absolute Gasteiger partial charge is 0.123 e. The van der Waals surface area contributed by atoms with Crippen molar-refractivity contribution >= 4 is 0 Å². The number of aryl methyl sites for hydroxylation is 2. The Hall–Kier alpha value is -2.00. The molecular formula is C19H25NO2. The fourth-order valence-electron chi connectivity index (χ4n) is 2.59. The van der Waals surface area contributed by atoms with E-state index in [9.17, 15) is 0 Å². The second-order valence-electron chi connectivity index (χ2n) is 5.64. The fourth-order valence-corrected chi connectivity index (χ4v) is 2.59. The third kappa shape index (κ3) is 3.80. The molecule has 1 N–H and O–H groups in total. The van der Waals surface area contributed by atoms with Gasteiger partial charge < -0.3 is 14.8 Å². The van der Waals surface area contributed by atoms with Crippen LogP contribution in [0.25, 0.3) is 0 Å². The lowest BCUT2D eigenvalue weighted by Crippen LogP contribution is -2.19. The summed E-state index contributed by atoms with van der Waals surface area (Å²) in [7, 11) is 3.38. The highest BCUT2D eigenvalue weighted by atomic mass is 16.5. The van der Waals surface area contributed by atoms with Crippen molar-refractivity contribution < 1.29 is 9.47 Å². The number of benzene rings is 2. The van der Waals surface area contributed by atoms with E-state index in [1.807, 2.05) is 18.2 Å². The van der Waals surface area contributed by atoms with Gasteiger partial charge in [0.2, 0.25) is 0 Å². The van der Waals surface area contributed by atoms with Gasteiger partial charge in [0, 0.05) is 18.2 Å². The van der Waals surface area contributed by atoms with E-state index in [0.717, 1.165) is 23.6 Å². The molecule has 2 aromatic carbocycles. The van der Waals surface area contributed by atoms with Crippen LogP contribution in [0, 0.1) is 13.8 Å². The first kappa shape index (κ1) is 16.4. The molecule has 0 saturated heterocycles. The maximum atomic E-state index is 5.46. The summed E-state index contributed by atoms with van der Waals surface area (Å²) >= 11 is 0. The number of methoxy groups -OCH3 is 2. The molecule has 2 aromatic rings. The molecule has 0 saturated carbocycles. The van der Waals surface area contributed by atoms with E-state index >= 15 is 0 Å². The van der Waals surface area contributed by atoms with Gasteiger partial charge in [-0.15, -0.1) is 0 Å². The molecule has 0 aliphatic carbocycles. The number of nitrogens with one attached hydrogen (secondary N) is 1. The SMILES string of the molecule is COc1ccc(OC)c(C(C)NCc2ccc(C)cc2C)c1. The lowest BCUT2D eigenvalue weighted by molar-refractivity contribution is 0.391. The molecule has 0 amide bonds. The summed E-state index contributed by atoms with van der Waals surface area (Å²) in [6, 6.07) is 12.6. The van der Waals surface area contributed by atoms with E-state index in [2.05, 4.69) is 44.3 Å².